The van der Waals surface area contributed by atoms with Crippen molar-refractivity contribution in [1.29, 1.82) is 0 Å². The van der Waals surface area contributed by atoms with Crippen molar-refractivity contribution < 1.29 is 33.6 Å². The summed E-state index contributed by atoms with van der Waals surface area (Å²) in [7, 11) is 0. The van der Waals surface area contributed by atoms with Crippen LogP contribution in [-0.4, -0.2) is 48.6 Å². The van der Waals surface area contributed by atoms with E-state index < -0.39 is 23.8 Å². The third-order valence-corrected chi connectivity index (χ3v) is 6.00. The lowest BCUT2D eigenvalue weighted by Crippen LogP contribution is -2.56. The molecule has 0 radical (unpaired) electrons. The number of aliphatic hydroxyl groups is 1. The van der Waals surface area contributed by atoms with E-state index in [1.807, 2.05) is 60.6 Å². The molecule has 1 aliphatic rings. The normalized spacial score (nSPS) is 15.9. The van der Waals surface area contributed by atoms with Crippen molar-refractivity contribution in [2.75, 3.05) is 19.8 Å². The predicted octanol–water partition coefficient (Wildman–Crippen LogP) is 5.24. The summed E-state index contributed by atoms with van der Waals surface area (Å²) in [5.41, 5.74) is 0.970. The van der Waals surface area contributed by atoms with E-state index in [0.29, 0.717) is 18.0 Å². The molecule has 0 aliphatic carbocycles. The number of esters is 2. The van der Waals surface area contributed by atoms with Gasteiger partial charge in [0.2, 0.25) is 0 Å². The van der Waals surface area contributed by atoms with Gasteiger partial charge in [-0.3, -0.25) is 0 Å². The van der Waals surface area contributed by atoms with Crippen LogP contribution in [0.25, 0.3) is 0 Å². The van der Waals surface area contributed by atoms with E-state index in [9.17, 15) is 14.7 Å². The van der Waals surface area contributed by atoms with Gasteiger partial charge >= 0.3 is 17.7 Å². The fourth-order valence-electron chi connectivity index (χ4n) is 3.75. The molecule has 9 heteroatoms. The minimum Gasteiger partial charge on any atom is -0.459 e. The number of rotatable bonds is 10. The molecule has 0 saturated heterocycles. The lowest BCUT2D eigenvalue weighted by Gasteiger charge is -2.27. The second-order valence-electron chi connectivity index (χ2n) is 12.5. The summed E-state index contributed by atoms with van der Waals surface area (Å²) >= 11 is 6.03. The first-order valence-corrected chi connectivity index (χ1v) is 13.5. The molecule has 1 aliphatic heterocycles. The van der Waals surface area contributed by atoms with Crippen molar-refractivity contribution in [3.8, 4) is 11.5 Å². The minimum atomic E-state index is -2.37. The van der Waals surface area contributed by atoms with Gasteiger partial charge in [0.05, 0.1) is 19.3 Å². The van der Waals surface area contributed by atoms with Crippen molar-refractivity contribution in [3.63, 3.8) is 0 Å². The van der Waals surface area contributed by atoms with Gasteiger partial charge in [-0.05, 0) is 59.6 Å². The van der Waals surface area contributed by atoms with E-state index >= 15 is 0 Å². The number of carbonyl (C=O) groups excluding carboxylic acids is 2. The van der Waals surface area contributed by atoms with Gasteiger partial charge < -0.3 is 29.4 Å². The molecule has 0 unspecified atom stereocenters. The lowest BCUT2D eigenvalue weighted by molar-refractivity contribution is -0.205. The summed E-state index contributed by atoms with van der Waals surface area (Å²) in [6, 6.07) is 12.4. The van der Waals surface area contributed by atoms with Gasteiger partial charge in [0.1, 0.15) is 0 Å². The maximum Gasteiger partial charge on any atom is 0.453 e. The molecule has 2 N–H and O–H groups in total. The van der Waals surface area contributed by atoms with Crippen LogP contribution in [0.3, 0.4) is 0 Å². The van der Waals surface area contributed by atoms with E-state index in [1.54, 1.807) is 30.3 Å². The Kier molecular flexibility index (Phi) is 9.57. The molecule has 39 heavy (non-hydrogen) atoms. The summed E-state index contributed by atoms with van der Waals surface area (Å²) in [5, 5.41) is 14.4. The summed E-state index contributed by atoms with van der Waals surface area (Å²) < 4.78 is 22.6. The van der Waals surface area contributed by atoms with Gasteiger partial charge in [-0.25, -0.2) is 9.59 Å². The van der Waals surface area contributed by atoms with Crippen LogP contribution in [0.5, 0.6) is 11.5 Å². The highest BCUT2D eigenvalue weighted by Crippen LogP contribution is 2.42. The highest BCUT2D eigenvalue weighted by atomic mass is 35.5. The van der Waals surface area contributed by atoms with Crippen LogP contribution in [-0.2, 0) is 25.5 Å². The van der Waals surface area contributed by atoms with Gasteiger partial charge in [0.25, 0.3) is 0 Å². The fourth-order valence-corrected chi connectivity index (χ4v) is 3.95. The number of ether oxygens (including phenoxy) is 4. The molecule has 2 atom stereocenters. The number of benzene rings is 2. The van der Waals surface area contributed by atoms with E-state index in [2.05, 4.69) is 5.32 Å². The van der Waals surface area contributed by atoms with Gasteiger partial charge in [0, 0.05) is 17.6 Å². The topological polar surface area (TPSA) is 103 Å². The van der Waals surface area contributed by atoms with E-state index in [4.69, 9.17) is 30.5 Å². The number of halogens is 1. The predicted molar refractivity (Wildman–Crippen MR) is 149 cm³/mol. The highest BCUT2D eigenvalue weighted by Gasteiger charge is 2.60. The Bertz CT molecular complexity index is 1140. The molecule has 8 nitrogen and oxygen atoms in total. The quantitative estimate of drug-likeness (QED) is 0.300. The van der Waals surface area contributed by atoms with E-state index in [0.717, 1.165) is 11.1 Å². The van der Waals surface area contributed by atoms with Gasteiger partial charge in [-0.15, -0.1) is 0 Å². The molecule has 1 heterocycles. The first-order valence-electron chi connectivity index (χ1n) is 13.1. The largest absolute Gasteiger partial charge is 0.459 e. The Morgan fingerprint density at radius 2 is 1.54 bits per heavy atom. The Labute approximate surface area is 235 Å². The summed E-state index contributed by atoms with van der Waals surface area (Å²) in [5.74, 6) is -3.80. The molecule has 0 bridgehead atoms. The average Bonchev–Trinajstić information content (AvgIpc) is 3.23. The molecule has 0 spiro atoms. The molecule has 0 saturated carbocycles. The van der Waals surface area contributed by atoms with Crippen LogP contribution in [0.4, 0.5) is 0 Å². The van der Waals surface area contributed by atoms with Gasteiger partial charge in [0.15, 0.2) is 11.5 Å². The zero-order valence-corrected chi connectivity index (χ0v) is 24.6. The van der Waals surface area contributed by atoms with Crippen molar-refractivity contribution in [2.45, 2.75) is 72.8 Å². The van der Waals surface area contributed by atoms with Crippen molar-refractivity contribution in [3.05, 3.63) is 58.6 Å². The highest BCUT2D eigenvalue weighted by molar-refractivity contribution is 6.30. The number of fused-ring (bicyclic) bond motifs is 1. The number of carbonyl (C=O) groups is 2. The molecular weight excluding hydrogens is 522 g/mol. The summed E-state index contributed by atoms with van der Waals surface area (Å²) in [6.45, 7) is 13.9. The number of aliphatic hydroxyl groups excluding tert-OH is 1. The van der Waals surface area contributed by atoms with Crippen LogP contribution in [0.2, 0.25) is 5.02 Å². The summed E-state index contributed by atoms with van der Waals surface area (Å²) in [6.07, 6.45) is -0.115. The zero-order valence-electron chi connectivity index (χ0n) is 23.8. The van der Waals surface area contributed by atoms with E-state index in [1.165, 1.54) is 0 Å². The first-order chi connectivity index (χ1) is 18.1. The van der Waals surface area contributed by atoms with Crippen LogP contribution in [0.1, 0.15) is 65.7 Å². The molecule has 214 valence electrons. The number of nitrogens with one attached hydrogen (secondary N) is 1. The molecule has 0 amide bonds. The van der Waals surface area contributed by atoms with Crippen LogP contribution >= 0.6 is 11.6 Å². The average molecular weight is 562 g/mol. The maximum absolute atomic E-state index is 13.2. The molecular formula is C30H40ClNO7. The lowest BCUT2D eigenvalue weighted by atomic mass is 9.98. The van der Waals surface area contributed by atoms with Gasteiger partial charge in [-0.2, -0.15) is 0 Å². The van der Waals surface area contributed by atoms with Crippen molar-refractivity contribution in [2.24, 2.45) is 10.8 Å². The molecule has 3 rings (SSSR count). The third-order valence-electron chi connectivity index (χ3n) is 5.76. The second kappa shape index (κ2) is 12.1. The summed E-state index contributed by atoms with van der Waals surface area (Å²) in [4.78, 5) is 26.4. The number of hydrogen-bond acceptors (Lipinski definition) is 8. The maximum atomic E-state index is 13.2. The van der Waals surface area contributed by atoms with Crippen molar-refractivity contribution in [1.82, 2.24) is 5.32 Å². The fraction of sp³-hybridized carbons (Fsp3) is 0.533. The standard InChI is InChI=1S/C30H40ClNO7/c1-19(32-16-23(33)21-9-8-10-22(31)15-21)13-20-11-12-24-25(14-20)39-30(38-24,26(34)36-17-28(2,3)4)27(35)37-18-29(5,6)7/h8-12,14-15,19,23,32-33H,13,16-18H2,1-7H3/t19-,23+/m1/s1. The Balaban J connectivity index is 1.70. The molecule has 0 aromatic heterocycles. The molecule has 2 aromatic carbocycles. The zero-order chi connectivity index (χ0) is 29.0. The molecule has 0 fully saturated rings. The van der Waals surface area contributed by atoms with E-state index in [-0.39, 0.29) is 41.6 Å². The molecule has 2 aromatic rings. The number of hydrogen-bond donors (Lipinski definition) is 2. The Morgan fingerprint density at radius 1 is 0.949 bits per heavy atom. The third kappa shape index (κ3) is 8.59. The first kappa shape index (κ1) is 30.7. The van der Waals surface area contributed by atoms with Crippen molar-refractivity contribution >= 4 is 23.5 Å². The SMILES string of the molecule is C[C@H](Cc1ccc2c(c1)OC(C(=O)OCC(C)(C)C)(C(=O)OCC(C)(C)C)O2)NC[C@H](O)c1cccc(Cl)c1. The van der Waals surface area contributed by atoms with Gasteiger partial charge in [-0.1, -0.05) is 71.3 Å². The smallest absolute Gasteiger partial charge is 0.453 e. The van der Waals surface area contributed by atoms with Crippen LogP contribution in [0.15, 0.2) is 42.5 Å². The van der Waals surface area contributed by atoms with Crippen LogP contribution in [0, 0.1) is 10.8 Å². The van der Waals surface area contributed by atoms with Crippen LogP contribution < -0.4 is 14.8 Å². The Hall–Kier alpha value is -2.81. The monoisotopic (exact) mass is 561 g/mol. The second-order valence-corrected chi connectivity index (χ2v) is 12.9. The minimum absolute atomic E-state index is 0.00235. The Morgan fingerprint density at radius 3 is 2.10 bits per heavy atom.